The maximum absolute atomic E-state index is 13.3. The van der Waals surface area contributed by atoms with Crippen molar-refractivity contribution in [2.45, 2.75) is 82.7 Å². The number of benzene rings is 1. The largest absolute Gasteiger partial charge is 0.490 e. The lowest BCUT2D eigenvalue weighted by Gasteiger charge is -2.35. The van der Waals surface area contributed by atoms with E-state index in [1.54, 1.807) is 16.7 Å². The zero-order valence-electron chi connectivity index (χ0n) is 30.5. The fourth-order valence-corrected chi connectivity index (χ4v) is 7.73. The van der Waals surface area contributed by atoms with E-state index in [1.165, 1.54) is 23.8 Å². The van der Waals surface area contributed by atoms with Gasteiger partial charge in [-0.3, -0.25) is 29.4 Å². The lowest BCUT2D eigenvalue weighted by atomic mass is 9.86. The molecule has 1 unspecified atom stereocenters. The summed E-state index contributed by atoms with van der Waals surface area (Å²) in [6, 6.07) is 14.0. The van der Waals surface area contributed by atoms with Crippen LogP contribution < -0.4 is 15.4 Å². The average molecular weight is 742 g/mol. The van der Waals surface area contributed by atoms with Crippen molar-refractivity contribution in [1.29, 1.82) is 0 Å². The first-order valence-corrected chi connectivity index (χ1v) is 18.7. The molecule has 0 radical (unpaired) electrons. The van der Waals surface area contributed by atoms with Gasteiger partial charge in [0.1, 0.15) is 22.9 Å². The molecule has 7 rings (SSSR count). The van der Waals surface area contributed by atoms with Crippen molar-refractivity contribution in [3.63, 3.8) is 0 Å². The summed E-state index contributed by atoms with van der Waals surface area (Å²) in [7, 11) is 0. The highest BCUT2D eigenvalue weighted by molar-refractivity contribution is 6.06. The van der Waals surface area contributed by atoms with Crippen LogP contribution in [0.1, 0.15) is 109 Å². The van der Waals surface area contributed by atoms with Gasteiger partial charge in [0.15, 0.2) is 0 Å². The van der Waals surface area contributed by atoms with Crippen molar-refractivity contribution in [1.82, 2.24) is 29.5 Å². The fourth-order valence-electron chi connectivity index (χ4n) is 7.73. The molecule has 1 atom stereocenters. The Morgan fingerprint density at radius 3 is 2.30 bits per heavy atom. The lowest BCUT2D eigenvalue weighted by Crippen LogP contribution is -2.45. The number of halogens is 2. The van der Waals surface area contributed by atoms with Crippen molar-refractivity contribution in [3.8, 4) is 5.75 Å². The standard InChI is InChI=1S/C40H45F2N7O5/c1-24(2)54-33-20-35-44-32(22-49(35)21-30(33)40(53)45-34-5-3-4-31(43-34)38(41)42)28-12-16-47(17-13-28)23-37(51)48-18-14-26(15-19-48)25-6-8-27(9-7-25)29-10-11-36(50)46-39(29)52/h3-9,20-22,24,26,28-29,38H,10-19,23H2,1-2H3,(H,43,45,53)(H,46,50,52). The van der Waals surface area contributed by atoms with Gasteiger partial charge in [0.05, 0.1) is 29.8 Å². The van der Waals surface area contributed by atoms with Crippen LogP contribution in [-0.4, -0.2) is 86.6 Å². The van der Waals surface area contributed by atoms with Crippen molar-refractivity contribution in [2.75, 3.05) is 38.0 Å². The van der Waals surface area contributed by atoms with Crippen molar-refractivity contribution in [2.24, 2.45) is 0 Å². The van der Waals surface area contributed by atoms with Crippen molar-refractivity contribution in [3.05, 3.63) is 89.0 Å². The topological polar surface area (TPSA) is 138 Å². The van der Waals surface area contributed by atoms with Crippen LogP contribution in [0.15, 0.2) is 60.9 Å². The summed E-state index contributed by atoms with van der Waals surface area (Å²) >= 11 is 0. The van der Waals surface area contributed by atoms with Gasteiger partial charge >= 0.3 is 0 Å². The molecule has 54 heavy (non-hydrogen) atoms. The van der Waals surface area contributed by atoms with Gasteiger partial charge in [0.2, 0.25) is 17.7 Å². The number of anilines is 1. The van der Waals surface area contributed by atoms with E-state index in [4.69, 9.17) is 9.72 Å². The molecule has 3 aliphatic heterocycles. The number of amides is 4. The van der Waals surface area contributed by atoms with Crippen molar-refractivity contribution >= 4 is 35.1 Å². The first-order chi connectivity index (χ1) is 26.0. The molecule has 3 fully saturated rings. The van der Waals surface area contributed by atoms with Crippen LogP contribution in [0.3, 0.4) is 0 Å². The Balaban J connectivity index is 0.918. The van der Waals surface area contributed by atoms with Crippen LogP contribution in [0, 0.1) is 0 Å². The predicted octanol–water partition coefficient (Wildman–Crippen LogP) is 5.81. The number of hydrogen-bond donors (Lipinski definition) is 2. The molecule has 4 aromatic rings. The summed E-state index contributed by atoms with van der Waals surface area (Å²) in [5.74, 6) is -0.238. The third-order valence-corrected chi connectivity index (χ3v) is 10.7. The molecule has 0 saturated carbocycles. The fraction of sp³-hybridized carbons (Fsp3) is 0.450. The number of hydrogen-bond acceptors (Lipinski definition) is 8. The second-order valence-corrected chi connectivity index (χ2v) is 14.7. The van der Waals surface area contributed by atoms with Gasteiger partial charge in [-0.2, -0.15) is 0 Å². The molecule has 12 nitrogen and oxygen atoms in total. The molecule has 0 bridgehead atoms. The lowest BCUT2D eigenvalue weighted by molar-refractivity contribution is -0.135. The van der Waals surface area contributed by atoms with Crippen LogP contribution >= 0.6 is 0 Å². The summed E-state index contributed by atoms with van der Waals surface area (Å²) in [5, 5.41) is 5.05. The van der Waals surface area contributed by atoms with E-state index < -0.39 is 18.0 Å². The van der Waals surface area contributed by atoms with Gasteiger partial charge < -0.3 is 19.4 Å². The SMILES string of the molecule is CC(C)Oc1cc2nc(C3CCN(CC(=O)N4CCC(c5ccc(C6CCC(=O)NC6=O)cc5)CC4)CC3)cn2cc1C(=O)Nc1cccc(C(F)F)n1. The number of nitrogens with one attached hydrogen (secondary N) is 2. The first-order valence-electron chi connectivity index (χ1n) is 18.7. The minimum Gasteiger partial charge on any atom is -0.490 e. The summed E-state index contributed by atoms with van der Waals surface area (Å²) in [6.07, 6.45) is 4.91. The summed E-state index contributed by atoms with van der Waals surface area (Å²) in [6.45, 7) is 7.03. The Morgan fingerprint density at radius 2 is 1.61 bits per heavy atom. The zero-order valence-corrected chi connectivity index (χ0v) is 30.5. The molecule has 14 heteroatoms. The third kappa shape index (κ3) is 8.43. The number of aromatic nitrogens is 3. The minimum atomic E-state index is -2.76. The number of nitrogens with zero attached hydrogens (tertiary/aromatic N) is 5. The van der Waals surface area contributed by atoms with Crippen LogP contribution in [0.25, 0.3) is 5.65 Å². The number of rotatable bonds is 10. The summed E-state index contributed by atoms with van der Waals surface area (Å²) in [4.78, 5) is 63.4. The highest BCUT2D eigenvalue weighted by Crippen LogP contribution is 2.33. The highest BCUT2D eigenvalue weighted by atomic mass is 19.3. The van der Waals surface area contributed by atoms with Gasteiger partial charge in [-0.1, -0.05) is 30.3 Å². The summed E-state index contributed by atoms with van der Waals surface area (Å²) < 4.78 is 34.1. The molecule has 3 saturated heterocycles. The van der Waals surface area contributed by atoms with E-state index in [0.29, 0.717) is 49.8 Å². The number of likely N-dealkylation sites (tertiary alicyclic amines) is 2. The normalized spacial score (nSPS) is 19.1. The maximum Gasteiger partial charge on any atom is 0.280 e. The van der Waals surface area contributed by atoms with Gasteiger partial charge in [-0.05, 0) is 88.2 Å². The molecule has 0 spiro atoms. The molecule has 3 aliphatic rings. The van der Waals surface area contributed by atoms with E-state index >= 15 is 0 Å². The number of carbonyl (C=O) groups is 4. The minimum absolute atomic E-state index is 0.0186. The molecule has 284 valence electrons. The molecule has 6 heterocycles. The molecule has 3 aromatic heterocycles. The van der Waals surface area contributed by atoms with Gasteiger partial charge in [0, 0.05) is 43.9 Å². The molecular formula is C40H45F2N7O5. The van der Waals surface area contributed by atoms with E-state index in [2.05, 4.69) is 32.7 Å². The Morgan fingerprint density at radius 1 is 0.907 bits per heavy atom. The molecular weight excluding hydrogens is 696 g/mol. The smallest absolute Gasteiger partial charge is 0.280 e. The number of carbonyl (C=O) groups excluding carboxylic acids is 4. The number of imidazole rings is 1. The summed E-state index contributed by atoms with van der Waals surface area (Å²) in [5.41, 5.74) is 3.47. The highest BCUT2D eigenvalue weighted by Gasteiger charge is 2.30. The number of fused-ring (bicyclic) bond motifs is 1. The van der Waals surface area contributed by atoms with Crippen molar-refractivity contribution < 1.29 is 32.7 Å². The number of piperidine rings is 3. The maximum atomic E-state index is 13.3. The molecule has 0 aliphatic carbocycles. The molecule has 1 aromatic carbocycles. The average Bonchev–Trinajstić information content (AvgIpc) is 3.58. The number of alkyl halides is 2. The van der Waals surface area contributed by atoms with Gasteiger partial charge in [0.25, 0.3) is 12.3 Å². The number of ether oxygens (including phenoxy) is 1. The van der Waals surface area contributed by atoms with Gasteiger partial charge in [-0.25, -0.2) is 18.7 Å². The number of imide groups is 1. The van der Waals surface area contributed by atoms with E-state index in [1.807, 2.05) is 37.1 Å². The van der Waals surface area contributed by atoms with E-state index in [-0.39, 0.29) is 47.0 Å². The van der Waals surface area contributed by atoms with Gasteiger partial charge in [-0.15, -0.1) is 0 Å². The Bertz CT molecular complexity index is 2020. The Labute approximate surface area is 312 Å². The number of pyridine rings is 2. The molecule has 2 N–H and O–H groups in total. The van der Waals surface area contributed by atoms with E-state index in [0.717, 1.165) is 50.0 Å². The van der Waals surface area contributed by atoms with E-state index in [9.17, 15) is 28.0 Å². The zero-order chi connectivity index (χ0) is 37.9. The Kier molecular flexibility index (Phi) is 11.0. The quantitative estimate of drug-likeness (QED) is 0.194. The second-order valence-electron chi connectivity index (χ2n) is 14.7. The molecule has 4 amide bonds. The van der Waals surface area contributed by atoms with Crippen LogP contribution in [0.2, 0.25) is 0 Å². The first kappa shape index (κ1) is 37.1. The third-order valence-electron chi connectivity index (χ3n) is 10.7. The predicted molar refractivity (Wildman–Crippen MR) is 197 cm³/mol. The second kappa shape index (κ2) is 16.0. The van der Waals surface area contributed by atoms with Crippen LogP contribution in [-0.2, 0) is 14.4 Å². The Hall–Kier alpha value is -5.24. The van der Waals surface area contributed by atoms with Crippen LogP contribution in [0.5, 0.6) is 5.75 Å². The van der Waals surface area contributed by atoms with Crippen LogP contribution in [0.4, 0.5) is 14.6 Å². The monoisotopic (exact) mass is 741 g/mol.